The Bertz CT molecular complexity index is 595. The van der Waals surface area contributed by atoms with E-state index in [1.54, 1.807) is 7.11 Å². The maximum atomic E-state index is 11.5. The number of nitrogens with one attached hydrogen (secondary N) is 1. The summed E-state index contributed by atoms with van der Waals surface area (Å²) in [6.07, 6.45) is 1.21. The van der Waals surface area contributed by atoms with Crippen LogP contribution in [0.5, 0.6) is 5.75 Å². The molecule has 0 radical (unpaired) electrons. The molecular formula is C15H19N3O4. The fourth-order valence-electron chi connectivity index (χ4n) is 1.83. The van der Waals surface area contributed by atoms with Gasteiger partial charge in [0.1, 0.15) is 5.75 Å². The van der Waals surface area contributed by atoms with Crippen molar-refractivity contribution in [1.82, 2.24) is 15.5 Å². The van der Waals surface area contributed by atoms with E-state index in [0.717, 1.165) is 11.3 Å². The van der Waals surface area contributed by atoms with Gasteiger partial charge in [0, 0.05) is 31.6 Å². The van der Waals surface area contributed by atoms with E-state index in [9.17, 15) is 4.79 Å². The van der Waals surface area contributed by atoms with Crippen molar-refractivity contribution >= 4 is 5.91 Å². The Hall–Kier alpha value is -2.41. The number of amides is 1. The number of hydrogen-bond donors (Lipinski definition) is 2. The molecule has 1 aromatic heterocycles. The Labute approximate surface area is 128 Å². The molecule has 7 nitrogen and oxygen atoms in total. The van der Waals surface area contributed by atoms with Crippen LogP contribution in [-0.2, 0) is 11.2 Å². The summed E-state index contributed by atoms with van der Waals surface area (Å²) in [5, 5.41) is 15.2. The number of rotatable bonds is 8. The molecule has 22 heavy (non-hydrogen) atoms. The van der Waals surface area contributed by atoms with E-state index in [-0.39, 0.29) is 18.9 Å². The molecular weight excluding hydrogens is 286 g/mol. The lowest BCUT2D eigenvalue weighted by molar-refractivity contribution is -0.121. The first-order chi connectivity index (χ1) is 10.7. The molecule has 2 rings (SSSR count). The fourth-order valence-corrected chi connectivity index (χ4v) is 1.83. The van der Waals surface area contributed by atoms with Crippen molar-refractivity contribution in [2.45, 2.75) is 19.3 Å². The van der Waals surface area contributed by atoms with Crippen LogP contribution in [0, 0.1) is 0 Å². The van der Waals surface area contributed by atoms with Gasteiger partial charge in [-0.1, -0.05) is 5.16 Å². The van der Waals surface area contributed by atoms with Crippen LogP contribution in [0.4, 0.5) is 0 Å². The largest absolute Gasteiger partial charge is 0.497 e. The van der Waals surface area contributed by atoms with Crippen LogP contribution in [-0.4, -0.2) is 41.4 Å². The first-order valence-corrected chi connectivity index (χ1v) is 7.07. The highest BCUT2D eigenvalue weighted by Gasteiger charge is 2.10. The topological polar surface area (TPSA) is 97.5 Å². The summed E-state index contributed by atoms with van der Waals surface area (Å²) in [6.45, 7) is 0.533. The van der Waals surface area contributed by atoms with Gasteiger partial charge in [0.15, 0.2) is 0 Å². The first-order valence-electron chi connectivity index (χ1n) is 7.07. The number of aryl methyl sites for hydroxylation is 1. The maximum Gasteiger partial charge on any atom is 0.227 e. The van der Waals surface area contributed by atoms with Crippen molar-refractivity contribution in [3.05, 3.63) is 30.2 Å². The average Bonchev–Trinajstić information content (AvgIpc) is 3.02. The van der Waals surface area contributed by atoms with E-state index in [0.29, 0.717) is 31.1 Å². The summed E-state index contributed by atoms with van der Waals surface area (Å²) in [4.78, 5) is 15.8. The van der Waals surface area contributed by atoms with Gasteiger partial charge in [-0.15, -0.1) is 0 Å². The summed E-state index contributed by atoms with van der Waals surface area (Å²) in [7, 11) is 1.60. The predicted molar refractivity (Wildman–Crippen MR) is 79.3 cm³/mol. The third-order valence-electron chi connectivity index (χ3n) is 3.04. The Morgan fingerprint density at radius 1 is 1.36 bits per heavy atom. The van der Waals surface area contributed by atoms with Crippen molar-refractivity contribution in [3.63, 3.8) is 0 Å². The number of methoxy groups -OCH3 is 1. The molecule has 0 atom stereocenters. The van der Waals surface area contributed by atoms with Gasteiger partial charge in [0.05, 0.1) is 7.11 Å². The molecule has 0 aliphatic rings. The van der Waals surface area contributed by atoms with Gasteiger partial charge < -0.3 is 19.7 Å². The SMILES string of the molecule is COc1ccc(-c2noc(CCC(=O)NCCCO)n2)cc1. The van der Waals surface area contributed by atoms with Gasteiger partial charge in [-0.2, -0.15) is 4.98 Å². The average molecular weight is 305 g/mol. The van der Waals surface area contributed by atoms with Crippen molar-refractivity contribution < 1.29 is 19.2 Å². The second kappa shape index (κ2) is 8.14. The molecule has 2 aromatic rings. The van der Waals surface area contributed by atoms with E-state index >= 15 is 0 Å². The molecule has 0 aliphatic heterocycles. The molecule has 0 saturated carbocycles. The van der Waals surface area contributed by atoms with Crippen molar-refractivity contribution in [2.24, 2.45) is 0 Å². The Morgan fingerprint density at radius 3 is 2.82 bits per heavy atom. The molecule has 1 aromatic carbocycles. The van der Waals surface area contributed by atoms with Crippen LogP contribution in [0.1, 0.15) is 18.7 Å². The van der Waals surface area contributed by atoms with E-state index < -0.39 is 0 Å². The molecule has 0 unspecified atom stereocenters. The Kier molecular flexibility index (Phi) is 5.91. The standard InChI is InChI=1S/C15H19N3O4/c1-21-12-5-3-11(4-6-12)15-17-14(22-18-15)8-7-13(20)16-9-2-10-19/h3-6,19H,2,7-10H2,1H3,(H,16,20). The number of carbonyl (C=O) groups is 1. The number of aliphatic hydroxyl groups excluding tert-OH is 1. The van der Waals surface area contributed by atoms with Crippen LogP contribution in [0.25, 0.3) is 11.4 Å². The first kappa shape index (κ1) is 16.0. The molecule has 118 valence electrons. The molecule has 0 spiro atoms. The zero-order chi connectivity index (χ0) is 15.8. The summed E-state index contributed by atoms with van der Waals surface area (Å²) < 4.78 is 10.2. The van der Waals surface area contributed by atoms with Crippen molar-refractivity contribution in [2.75, 3.05) is 20.3 Å². The molecule has 1 heterocycles. The molecule has 7 heteroatoms. The van der Waals surface area contributed by atoms with Crippen molar-refractivity contribution in [3.8, 4) is 17.1 Å². The van der Waals surface area contributed by atoms with Gasteiger partial charge >= 0.3 is 0 Å². The van der Waals surface area contributed by atoms with Gasteiger partial charge in [0.2, 0.25) is 17.6 Å². The second-order valence-electron chi connectivity index (χ2n) is 4.67. The molecule has 2 N–H and O–H groups in total. The summed E-state index contributed by atoms with van der Waals surface area (Å²) >= 11 is 0. The third kappa shape index (κ3) is 4.56. The predicted octanol–water partition coefficient (Wildman–Crippen LogP) is 1.18. The minimum atomic E-state index is -0.0994. The summed E-state index contributed by atoms with van der Waals surface area (Å²) in [5.41, 5.74) is 0.822. The highest BCUT2D eigenvalue weighted by Crippen LogP contribution is 2.19. The Morgan fingerprint density at radius 2 is 2.14 bits per heavy atom. The van der Waals surface area contributed by atoms with E-state index in [1.165, 1.54) is 0 Å². The quantitative estimate of drug-likeness (QED) is 0.711. The zero-order valence-electron chi connectivity index (χ0n) is 12.4. The minimum Gasteiger partial charge on any atom is -0.497 e. The number of aliphatic hydroxyl groups is 1. The van der Waals surface area contributed by atoms with E-state index in [4.69, 9.17) is 14.4 Å². The van der Waals surface area contributed by atoms with Crippen LogP contribution in [0.2, 0.25) is 0 Å². The van der Waals surface area contributed by atoms with Gasteiger partial charge in [-0.25, -0.2) is 0 Å². The van der Waals surface area contributed by atoms with E-state index in [2.05, 4.69) is 15.5 Å². The summed E-state index contributed by atoms with van der Waals surface area (Å²) in [6, 6.07) is 7.32. The van der Waals surface area contributed by atoms with Crippen LogP contribution < -0.4 is 10.1 Å². The molecule has 0 saturated heterocycles. The van der Waals surface area contributed by atoms with Crippen LogP contribution in [0.3, 0.4) is 0 Å². The number of benzene rings is 1. The second-order valence-corrected chi connectivity index (χ2v) is 4.67. The lowest BCUT2D eigenvalue weighted by atomic mass is 10.2. The van der Waals surface area contributed by atoms with Crippen LogP contribution in [0.15, 0.2) is 28.8 Å². The smallest absolute Gasteiger partial charge is 0.227 e. The monoisotopic (exact) mass is 305 g/mol. The van der Waals surface area contributed by atoms with Gasteiger partial charge in [-0.05, 0) is 30.7 Å². The highest BCUT2D eigenvalue weighted by atomic mass is 16.5. The van der Waals surface area contributed by atoms with E-state index in [1.807, 2.05) is 24.3 Å². The Balaban J connectivity index is 1.86. The normalized spacial score (nSPS) is 10.5. The molecule has 1 amide bonds. The lowest BCUT2D eigenvalue weighted by Crippen LogP contribution is -2.25. The molecule has 0 fully saturated rings. The zero-order valence-corrected chi connectivity index (χ0v) is 12.4. The van der Waals surface area contributed by atoms with Crippen LogP contribution >= 0.6 is 0 Å². The molecule has 0 bridgehead atoms. The number of nitrogens with zero attached hydrogens (tertiary/aromatic N) is 2. The number of ether oxygens (including phenoxy) is 1. The fraction of sp³-hybridized carbons (Fsp3) is 0.400. The number of carbonyl (C=O) groups excluding carboxylic acids is 1. The maximum absolute atomic E-state index is 11.5. The van der Waals surface area contributed by atoms with Gasteiger partial charge in [-0.3, -0.25) is 4.79 Å². The lowest BCUT2D eigenvalue weighted by Gasteiger charge is -2.01. The number of aromatic nitrogens is 2. The number of hydrogen-bond acceptors (Lipinski definition) is 6. The van der Waals surface area contributed by atoms with Crippen molar-refractivity contribution in [1.29, 1.82) is 0 Å². The molecule has 0 aliphatic carbocycles. The summed E-state index contributed by atoms with van der Waals surface area (Å²) in [5.74, 6) is 1.56. The van der Waals surface area contributed by atoms with Gasteiger partial charge in [0.25, 0.3) is 0 Å². The highest BCUT2D eigenvalue weighted by molar-refractivity contribution is 5.75. The minimum absolute atomic E-state index is 0.0646. The third-order valence-corrected chi connectivity index (χ3v) is 3.04.